The lowest BCUT2D eigenvalue weighted by Crippen LogP contribution is -2.05. The maximum atomic E-state index is 11.3. The Hall–Kier alpha value is -1.45. The molecule has 0 radical (unpaired) electrons. The van der Waals surface area contributed by atoms with E-state index in [0.29, 0.717) is 24.1 Å². The zero-order valence-electron chi connectivity index (χ0n) is 8.99. The molecule has 1 aliphatic carbocycles. The minimum absolute atomic E-state index is 0.0414. The second-order valence-corrected chi connectivity index (χ2v) is 3.71. The van der Waals surface area contributed by atoms with Gasteiger partial charge in [0.1, 0.15) is 11.5 Å². The summed E-state index contributed by atoms with van der Waals surface area (Å²) in [6.45, 7) is 3.96. The van der Waals surface area contributed by atoms with E-state index in [2.05, 4.69) is 9.97 Å². The van der Waals surface area contributed by atoms with Gasteiger partial charge in [-0.1, -0.05) is 0 Å². The fourth-order valence-corrected chi connectivity index (χ4v) is 1.37. The molecule has 1 heterocycles. The Balaban J connectivity index is 2.34. The highest BCUT2D eigenvalue weighted by molar-refractivity contribution is 5.92. The van der Waals surface area contributed by atoms with Crippen molar-refractivity contribution in [1.29, 1.82) is 0 Å². The SMILES string of the molecule is CCOc1cc(C(C)=O)nc(C2CC2)n1. The summed E-state index contributed by atoms with van der Waals surface area (Å²) >= 11 is 0. The number of ketones is 1. The van der Waals surface area contributed by atoms with E-state index in [0.717, 1.165) is 18.7 Å². The normalized spacial score (nSPS) is 15.1. The van der Waals surface area contributed by atoms with Crippen molar-refractivity contribution in [1.82, 2.24) is 9.97 Å². The Kier molecular flexibility index (Phi) is 2.66. The molecule has 0 amide bonds. The largest absolute Gasteiger partial charge is 0.478 e. The van der Waals surface area contributed by atoms with E-state index >= 15 is 0 Å². The highest BCUT2D eigenvalue weighted by atomic mass is 16.5. The lowest BCUT2D eigenvalue weighted by atomic mass is 10.3. The molecule has 1 aliphatic rings. The molecular weight excluding hydrogens is 192 g/mol. The Bertz CT molecular complexity index is 386. The molecule has 1 aromatic rings. The predicted octanol–water partition coefficient (Wildman–Crippen LogP) is 1.96. The average Bonchev–Trinajstić information content (AvgIpc) is 3.01. The Morgan fingerprint density at radius 3 is 2.80 bits per heavy atom. The van der Waals surface area contributed by atoms with Crippen molar-refractivity contribution in [2.45, 2.75) is 32.6 Å². The van der Waals surface area contributed by atoms with Crippen molar-refractivity contribution >= 4 is 5.78 Å². The molecule has 1 saturated carbocycles. The van der Waals surface area contributed by atoms with Crippen molar-refractivity contribution in [2.24, 2.45) is 0 Å². The first-order valence-electron chi connectivity index (χ1n) is 5.23. The molecule has 0 atom stereocenters. The zero-order valence-corrected chi connectivity index (χ0v) is 8.99. The third-order valence-corrected chi connectivity index (χ3v) is 2.32. The van der Waals surface area contributed by atoms with Gasteiger partial charge >= 0.3 is 0 Å². The molecule has 0 aromatic carbocycles. The van der Waals surface area contributed by atoms with Gasteiger partial charge in [0.05, 0.1) is 6.61 Å². The van der Waals surface area contributed by atoms with E-state index in [4.69, 9.17) is 4.74 Å². The quantitative estimate of drug-likeness (QED) is 0.706. The summed E-state index contributed by atoms with van der Waals surface area (Å²) in [5, 5.41) is 0. The maximum absolute atomic E-state index is 11.3. The molecule has 0 spiro atoms. The van der Waals surface area contributed by atoms with Crippen LogP contribution >= 0.6 is 0 Å². The summed E-state index contributed by atoms with van der Waals surface area (Å²) in [5.41, 5.74) is 0.454. The zero-order chi connectivity index (χ0) is 10.8. The van der Waals surface area contributed by atoms with E-state index in [1.165, 1.54) is 6.92 Å². The van der Waals surface area contributed by atoms with Crippen LogP contribution in [0, 0.1) is 0 Å². The summed E-state index contributed by atoms with van der Waals surface area (Å²) in [4.78, 5) is 19.8. The fourth-order valence-electron chi connectivity index (χ4n) is 1.37. The number of ether oxygens (including phenoxy) is 1. The molecule has 0 aliphatic heterocycles. The van der Waals surface area contributed by atoms with Gasteiger partial charge in [-0.15, -0.1) is 0 Å². The third kappa shape index (κ3) is 2.32. The van der Waals surface area contributed by atoms with E-state index in [9.17, 15) is 4.79 Å². The molecule has 0 saturated heterocycles. The minimum atomic E-state index is -0.0414. The Morgan fingerprint density at radius 1 is 1.53 bits per heavy atom. The molecule has 0 unspecified atom stereocenters. The van der Waals surface area contributed by atoms with E-state index in [1.807, 2.05) is 6.92 Å². The van der Waals surface area contributed by atoms with Crippen molar-refractivity contribution in [2.75, 3.05) is 6.61 Å². The number of rotatable bonds is 4. The van der Waals surface area contributed by atoms with Crippen LogP contribution in [0.1, 0.15) is 48.9 Å². The van der Waals surface area contributed by atoms with Crippen LogP contribution in [-0.4, -0.2) is 22.4 Å². The number of carbonyl (C=O) groups excluding carboxylic acids is 1. The summed E-state index contributed by atoms with van der Waals surface area (Å²) in [6.07, 6.45) is 2.24. The third-order valence-electron chi connectivity index (χ3n) is 2.32. The first-order valence-corrected chi connectivity index (χ1v) is 5.23. The van der Waals surface area contributed by atoms with Gasteiger partial charge in [-0.3, -0.25) is 4.79 Å². The van der Waals surface area contributed by atoms with Crippen LogP contribution in [0.25, 0.3) is 0 Å². The molecule has 80 valence electrons. The molecule has 4 heteroatoms. The van der Waals surface area contributed by atoms with Gasteiger partial charge in [0.2, 0.25) is 5.88 Å². The van der Waals surface area contributed by atoms with Crippen LogP contribution < -0.4 is 4.74 Å². The van der Waals surface area contributed by atoms with E-state index < -0.39 is 0 Å². The van der Waals surface area contributed by atoms with Crippen LogP contribution in [-0.2, 0) is 0 Å². The van der Waals surface area contributed by atoms with Crippen molar-refractivity contribution in [3.63, 3.8) is 0 Å². The van der Waals surface area contributed by atoms with Crippen molar-refractivity contribution in [3.05, 3.63) is 17.6 Å². The Morgan fingerprint density at radius 2 is 2.27 bits per heavy atom. The van der Waals surface area contributed by atoms with Gasteiger partial charge in [0, 0.05) is 18.9 Å². The van der Waals surface area contributed by atoms with Crippen LogP contribution in [0.3, 0.4) is 0 Å². The predicted molar refractivity (Wildman–Crippen MR) is 55.2 cm³/mol. The molecule has 0 N–H and O–H groups in total. The molecule has 1 aromatic heterocycles. The van der Waals surface area contributed by atoms with Crippen LogP contribution in [0.4, 0.5) is 0 Å². The first kappa shape index (κ1) is 10.1. The molecule has 0 bridgehead atoms. The number of aromatic nitrogens is 2. The second-order valence-electron chi connectivity index (χ2n) is 3.71. The Labute approximate surface area is 88.7 Å². The van der Waals surface area contributed by atoms with E-state index in [-0.39, 0.29) is 5.78 Å². The van der Waals surface area contributed by atoms with Crippen LogP contribution in [0.5, 0.6) is 5.88 Å². The molecule has 4 nitrogen and oxygen atoms in total. The maximum Gasteiger partial charge on any atom is 0.217 e. The number of hydrogen-bond acceptors (Lipinski definition) is 4. The number of carbonyl (C=O) groups is 1. The first-order chi connectivity index (χ1) is 7.20. The molecule has 15 heavy (non-hydrogen) atoms. The van der Waals surface area contributed by atoms with Gasteiger partial charge < -0.3 is 4.74 Å². The number of hydrogen-bond donors (Lipinski definition) is 0. The fraction of sp³-hybridized carbons (Fsp3) is 0.545. The summed E-state index contributed by atoms with van der Waals surface area (Å²) in [6, 6.07) is 1.61. The van der Waals surface area contributed by atoms with Crippen LogP contribution in [0.2, 0.25) is 0 Å². The lowest BCUT2D eigenvalue weighted by Gasteiger charge is -2.05. The van der Waals surface area contributed by atoms with Gasteiger partial charge in [-0.25, -0.2) is 4.98 Å². The topological polar surface area (TPSA) is 52.1 Å². The molecule has 2 rings (SSSR count). The van der Waals surface area contributed by atoms with Gasteiger partial charge in [0.15, 0.2) is 5.78 Å². The minimum Gasteiger partial charge on any atom is -0.478 e. The average molecular weight is 206 g/mol. The van der Waals surface area contributed by atoms with Crippen molar-refractivity contribution < 1.29 is 9.53 Å². The summed E-state index contributed by atoms with van der Waals surface area (Å²) in [5.74, 6) is 1.66. The summed E-state index contributed by atoms with van der Waals surface area (Å²) in [7, 11) is 0. The van der Waals surface area contributed by atoms with Crippen LogP contribution in [0.15, 0.2) is 6.07 Å². The number of Topliss-reactive ketones (excluding diaryl/α,β-unsaturated/α-hetero) is 1. The monoisotopic (exact) mass is 206 g/mol. The highest BCUT2D eigenvalue weighted by Crippen LogP contribution is 2.38. The lowest BCUT2D eigenvalue weighted by molar-refractivity contribution is 0.101. The highest BCUT2D eigenvalue weighted by Gasteiger charge is 2.27. The number of nitrogens with zero attached hydrogens (tertiary/aromatic N) is 2. The molecule has 1 fully saturated rings. The van der Waals surface area contributed by atoms with Crippen molar-refractivity contribution in [3.8, 4) is 5.88 Å². The smallest absolute Gasteiger partial charge is 0.217 e. The second kappa shape index (κ2) is 3.96. The van der Waals surface area contributed by atoms with Gasteiger partial charge in [-0.2, -0.15) is 4.98 Å². The molecular formula is C11H14N2O2. The van der Waals surface area contributed by atoms with E-state index in [1.54, 1.807) is 6.07 Å². The van der Waals surface area contributed by atoms with Gasteiger partial charge in [0.25, 0.3) is 0 Å². The summed E-state index contributed by atoms with van der Waals surface area (Å²) < 4.78 is 5.31. The van der Waals surface area contributed by atoms with Gasteiger partial charge in [-0.05, 0) is 19.8 Å². The standard InChI is InChI=1S/C11H14N2O2/c1-3-15-10-6-9(7(2)14)12-11(13-10)8-4-5-8/h6,8H,3-5H2,1-2H3.